The van der Waals surface area contributed by atoms with E-state index in [0.29, 0.717) is 40.9 Å². The largest absolute Gasteiger partial charge is 0.491 e. The van der Waals surface area contributed by atoms with Crippen molar-refractivity contribution in [1.29, 1.82) is 0 Å². The molecule has 3 rings (SSSR count). The maximum atomic E-state index is 13.4. The summed E-state index contributed by atoms with van der Waals surface area (Å²) in [6, 6.07) is 11.6. The fraction of sp³-hybridized carbons (Fsp3) is 0.440. The maximum Gasteiger partial charge on any atom is 0.323 e. The number of hydrogen-bond acceptors (Lipinski definition) is 5. The molecule has 0 saturated heterocycles. The number of benzene rings is 2. The van der Waals surface area contributed by atoms with Crippen molar-refractivity contribution >= 4 is 34.9 Å². The van der Waals surface area contributed by atoms with Gasteiger partial charge in [0.1, 0.15) is 12.4 Å². The molecule has 0 aliphatic carbocycles. The lowest BCUT2D eigenvalue weighted by atomic mass is 10.0. The van der Waals surface area contributed by atoms with Gasteiger partial charge in [-0.15, -0.1) is 0 Å². The lowest BCUT2D eigenvalue weighted by Gasteiger charge is -2.34. The zero-order chi connectivity index (χ0) is 24.8. The molecule has 9 heteroatoms. The summed E-state index contributed by atoms with van der Waals surface area (Å²) >= 11 is 5.89. The van der Waals surface area contributed by atoms with Gasteiger partial charge in [-0.2, -0.15) is 0 Å². The van der Waals surface area contributed by atoms with Gasteiger partial charge in [0.25, 0.3) is 5.91 Å². The molecule has 2 N–H and O–H groups in total. The van der Waals surface area contributed by atoms with E-state index in [2.05, 4.69) is 36.4 Å². The highest BCUT2D eigenvalue weighted by Crippen LogP contribution is 2.26. The van der Waals surface area contributed by atoms with Crippen LogP contribution in [-0.2, 0) is 4.74 Å². The van der Waals surface area contributed by atoms with E-state index in [9.17, 15) is 9.59 Å². The van der Waals surface area contributed by atoms with Gasteiger partial charge in [0.15, 0.2) is 0 Å². The van der Waals surface area contributed by atoms with Gasteiger partial charge in [-0.05, 0) is 62.4 Å². The molecule has 2 aromatic rings. The van der Waals surface area contributed by atoms with Crippen molar-refractivity contribution in [3.63, 3.8) is 0 Å². The number of likely N-dealkylation sites (N-methyl/N-ethyl adjacent to an activating group) is 2. The number of carbonyl (C=O) groups is 2. The second-order valence-corrected chi connectivity index (χ2v) is 9.27. The van der Waals surface area contributed by atoms with Crippen molar-refractivity contribution in [2.75, 3.05) is 51.5 Å². The molecule has 0 fully saturated rings. The Morgan fingerprint density at radius 2 is 1.71 bits per heavy atom. The average molecular weight is 489 g/mol. The van der Waals surface area contributed by atoms with Crippen LogP contribution in [0.15, 0.2) is 42.5 Å². The summed E-state index contributed by atoms with van der Waals surface area (Å²) in [7, 11) is 5.48. The van der Waals surface area contributed by atoms with Crippen LogP contribution in [-0.4, -0.2) is 74.8 Å². The number of methoxy groups -OCH3 is 1. The van der Waals surface area contributed by atoms with Gasteiger partial charge in [-0.3, -0.25) is 9.69 Å². The zero-order valence-electron chi connectivity index (χ0n) is 20.3. The minimum absolute atomic E-state index is 0.112. The molecular weight excluding hydrogens is 456 g/mol. The minimum Gasteiger partial charge on any atom is -0.491 e. The zero-order valence-corrected chi connectivity index (χ0v) is 21.1. The molecule has 0 unspecified atom stereocenters. The van der Waals surface area contributed by atoms with Crippen molar-refractivity contribution < 1.29 is 19.1 Å². The number of ether oxygens (including phenoxy) is 2. The summed E-state index contributed by atoms with van der Waals surface area (Å²) in [6.45, 7) is 5.90. The molecule has 184 valence electrons. The first-order chi connectivity index (χ1) is 16.2. The molecule has 1 aliphatic rings. The van der Waals surface area contributed by atoms with Crippen LogP contribution in [0.5, 0.6) is 5.75 Å². The predicted molar refractivity (Wildman–Crippen MR) is 135 cm³/mol. The number of amides is 3. The molecule has 0 radical (unpaired) electrons. The third-order valence-corrected chi connectivity index (χ3v) is 6.37. The fourth-order valence-electron chi connectivity index (χ4n) is 3.86. The fourth-order valence-corrected chi connectivity index (χ4v) is 3.99. The number of halogens is 1. The SMILES string of the molecule is CO[C@H]1CN(C)C(=O)c2cc(NC(=O)Nc3ccc(Cl)cc3)ccc2OC[C@@H](C)N(C)C[C@@H]1C. The van der Waals surface area contributed by atoms with Crippen molar-refractivity contribution in [3.05, 3.63) is 53.1 Å². The first kappa shape index (κ1) is 25.8. The summed E-state index contributed by atoms with van der Waals surface area (Å²) in [4.78, 5) is 29.7. The van der Waals surface area contributed by atoms with Crippen molar-refractivity contribution in [2.45, 2.75) is 26.0 Å². The first-order valence-corrected chi connectivity index (χ1v) is 11.6. The molecule has 3 amide bonds. The van der Waals surface area contributed by atoms with E-state index in [0.717, 1.165) is 6.54 Å². The molecule has 1 heterocycles. The van der Waals surface area contributed by atoms with Gasteiger partial charge in [-0.1, -0.05) is 18.5 Å². The van der Waals surface area contributed by atoms with E-state index in [1.807, 2.05) is 0 Å². The second kappa shape index (κ2) is 11.6. The molecule has 3 atom stereocenters. The Balaban J connectivity index is 1.84. The van der Waals surface area contributed by atoms with E-state index in [1.165, 1.54) is 0 Å². The van der Waals surface area contributed by atoms with Gasteiger partial charge in [0, 0.05) is 49.7 Å². The quantitative estimate of drug-likeness (QED) is 0.668. The molecule has 0 aromatic heterocycles. The number of fused-ring (bicyclic) bond motifs is 1. The number of urea groups is 1. The topological polar surface area (TPSA) is 83.1 Å². The van der Waals surface area contributed by atoms with Crippen LogP contribution >= 0.6 is 11.6 Å². The third-order valence-electron chi connectivity index (χ3n) is 6.12. The Kier molecular flexibility index (Phi) is 8.77. The lowest BCUT2D eigenvalue weighted by molar-refractivity contribution is 0.0150. The molecule has 1 aliphatic heterocycles. The van der Waals surface area contributed by atoms with Crippen LogP contribution in [0, 0.1) is 5.92 Å². The molecule has 8 nitrogen and oxygen atoms in total. The van der Waals surface area contributed by atoms with E-state index in [4.69, 9.17) is 21.1 Å². The normalized spacial score (nSPS) is 22.1. The van der Waals surface area contributed by atoms with Crippen LogP contribution in [0.3, 0.4) is 0 Å². The highest BCUT2D eigenvalue weighted by molar-refractivity contribution is 6.30. The standard InChI is InChI=1S/C25H33ClN4O4/c1-16-13-29(3)17(2)15-34-22-11-10-20(12-21(22)24(31)30(4)14-23(16)33-5)28-25(32)27-19-8-6-18(26)7-9-19/h6-12,16-17,23H,13-15H2,1-5H3,(H2,27,28,32)/t16-,17+,23-/m0/s1. The van der Waals surface area contributed by atoms with E-state index < -0.39 is 6.03 Å². The minimum atomic E-state index is -0.430. The first-order valence-electron chi connectivity index (χ1n) is 11.3. The van der Waals surface area contributed by atoms with Crippen LogP contribution in [0.4, 0.5) is 16.2 Å². The van der Waals surface area contributed by atoms with Crippen molar-refractivity contribution in [1.82, 2.24) is 9.80 Å². The van der Waals surface area contributed by atoms with Crippen LogP contribution in [0.1, 0.15) is 24.2 Å². The summed E-state index contributed by atoms with van der Waals surface area (Å²) in [5, 5.41) is 6.11. The summed E-state index contributed by atoms with van der Waals surface area (Å²) < 4.78 is 11.8. The van der Waals surface area contributed by atoms with E-state index >= 15 is 0 Å². The Morgan fingerprint density at radius 3 is 2.38 bits per heavy atom. The Labute approximate surface area is 206 Å². The Bertz CT molecular complexity index is 1000. The van der Waals surface area contributed by atoms with Crippen molar-refractivity contribution in [3.8, 4) is 5.75 Å². The maximum absolute atomic E-state index is 13.4. The van der Waals surface area contributed by atoms with E-state index in [1.54, 1.807) is 61.5 Å². The number of nitrogens with zero attached hydrogens (tertiary/aromatic N) is 2. The molecule has 2 aromatic carbocycles. The van der Waals surface area contributed by atoms with Crippen LogP contribution < -0.4 is 15.4 Å². The number of nitrogens with one attached hydrogen (secondary N) is 2. The van der Waals surface area contributed by atoms with Crippen LogP contribution in [0.25, 0.3) is 0 Å². The van der Waals surface area contributed by atoms with Gasteiger partial charge in [0.05, 0.1) is 11.7 Å². The Morgan fingerprint density at radius 1 is 1.06 bits per heavy atom. The van der Waals surface area contributed by atoms with Gasteiger partial charge in [-0.25, -0.2) is 4.79 Å². The molecule has 0 spiro atoms. The van der Waals surface area contributed by atoms with Gasteiger partial charge < -0.3 is 25.0 Å². The molecule has 34 heavy (non-hydrogen) atoms. The number of carbonyl (C=O) groups excluding carboxylic acids is 2. The second-order valence-electron chi connectivity index (χ2n) is 8.83. The predicted octanol–water partition coefficient (Wildman–Crippen LogP) is 4.42. The summed E-state index contributed by atoms with van der Waals surface area (Å²) in [6.07, 6.45) is -0.112. The molecule has 0 saturated carbocycles. The molecule has 0 bridgehead atoms. The summed E-state index contributed by atoms with van der Waals surface area (Å²) in [5.74, 6) is 0.493. The molecular formula is C25H33ClN4O4. The Hall–Kier alpha value is -2.81. The monoisotopic (exact) mass is 488 g/mol. The van der Waals surface area contributed by atoms with Gasteiger partial charge in [0.2, 0.25) is 0 Å². The van der Waals surface area contributed by atoms with Crippen molar-refractivity contribution in [2.24, 2.45) is 5.92 Å². The highest BCUT2D eigenvalue weighted by atomic mass is 35.5. The van der Waals surface area contributed by atoms with Crippen LogP contribution in [0.2, 0.25) is 5.02 Å². The summed E-state index contributed by atoms with van der Waals surface area (Å²) in [5.41, 5.74) is 1.46. The highest BCUT2D eigenvalue weighted by Gasteiger charge is 2.27. The number of rotatable bonds is 3. The number of anilines is 2. The average Bonchev–Trinajstić information content (AvgIpc) is 2.81. The third kappa shape index (κ3) is 6.62. The van der Waals surface area contributed by atoms with E-state index in [-0.39, 0.29) is 24.0 Å². The number of hydrogen-bond donors (Lipinski definition) is 2. The smallest absolute Gasteiger partial charge is 0.323 e. The lowest BCUT2D eigenvalue weighted by Crippen LogP contribution is -2.45. The van der Waals surface area contributed by atoms with Gasteiger partial charge >= 0.3 is 6.03 Å².